The zero-order chi connectivity index (χ0) is 15.0. The molecule has 0 saturated carbocycles. The van der Waals surface area contributed by atoms with Gasteiger partial charge in [-0.15, -0.1) is 0 Å². The number of nitrogens with zero attached hydrogens (tertiary/aromatic N) is 3. The van der Waals surface area contributed by atoms with Crippen LogP contribution in [-0.2, 0) is 0 Å². The fourth-order valence-corrected chi connectivity index (χ4v) is 3.05. The van der Waals surface area contributed by atoms with Gasteiger partial charge in [0, 0.05) is 17.3 Å². The topological polar surface area (TPSA) is 67.5 Å². The molecule has 106 valence electrons. The Morgan fingerprint density at radius 2 is 2.19 bits per heavy atom. The molecule has 0 aliphatic heterocycles. The third-order valence-corrected chi connectivity index (χ3v) is 4.19. The maximum absolute atomic E-state index is 11.1. The molecule has 0 aliphatic rings. The average Bonchev–Trinajstić information content (AvgIpc) is 2.82. The van der Waals surface area contributed by atoms with Crippen molar-refractivity contribution in [3.63, 3.8) is 0 Å². The number of aryl methyl sites for hydroxylation is 1. The van der Waals surface area contributed by atoms with Crippen LogP contribution in [0.25, 0.3) is 5.52 Å². The Kier molecular flexibility index (Phi) is 3.57. The molecule has 0 fully saturated rings. The monoisotopic (exact) mass is 319 g/mol. The van der Waals surface area contributed by atoms with E-state index >= 15 is 0 Å². The summed E-state index contributed by atoms with van der Waals surface area (Å²) in [6.45, 7) is 1.91. The Balaban J connectivity index is 2.02. The van der Waals surface area contributed by atoms with Crippen molar-refractivity contribution >= 4 is 34.8 Å². The summed E-state index contributed by atoms with van der Waals surface area (Å²) in [6.07, 6.45) is 3.44. The standard InChI is InChI=1S/C14H10ClN3O2S/c1-8-6-12-13(16-4-5-18(12)17-8)21-9-2-3-11(15)10(7-9)14(19)20/h2-7H,1H3,(H,19,20). The molecule has 0 bridgehead atoms. The normalized spacial score (nSPS) is 11.0. The lowest BCUT2D eigenvalue weighted by Gasteiger charge is -2.05. The van der Waals surface area contributed by atoms with Crippen LogP contribution >= 0.6 is 23.4 Å². The Morgan fingerprint density at radius 3 is 2.95 bits per heavy atom. The van der Waals surface area contributed by atoms with Gasteiger partial charge < -0.3 is 5.11 Å². The molecule has 0 radical (unpaired) electrons. The SMILES string of the molecule is Cc1cc2c(Sc3ccc(Cl)c(C(=O)O)c3)nccn2n1. The summed E-state index contributed by atoms with van der Waals surface area (Å²) in [6, 6.07) is 6.83. The number of benzene rings is 1. The van der Waals surface area contributed by atoms with Crippen molar-refractivity contribution in [1.29, 1.82) is 0 Å². The molecule has 1 N–H and O–H groups in total. The smallest absolute Gasteiger partial charge is 0.337 e. The van der Waals surface area contributed by atoms with Crippen molar-refractivity contribution < 1.29 is 9.90 Å². The van der Waals surface area contributed by atoms with Gasteiger partial charge in [0.15, 0.2) is 0 Å². The highest BCUT2D eigenvalue weighted by Gasteiger charge is 2.12. The van der Waals surface area contributed by atoms with Crippen molar-refractivity contribution in [2.45, 2.75) is 16.8 Å². The van der Waals surface area contributed by atoms with Crippen molar-refractivity contribution in [2.75, 3.05) is 0 Å². The molecule has 0 saturated heterocycles. The minimum absolute atomic E-state index is 0.0818. The van der Waals surface area contributed by atoms with Gasteiger partial charge in [-0.3, -0.25) is 0 Å². The molecule has 0 aliphatic carbocycles. The van der Waals surface area contributed by atoms with Crippen molar-refractivity contribution in [1.82, 2.24) is 14.6 Å². The molecule has 1 aromatic carbocycles. The number of halogens is 1. The summed E-state index contributed by atoms with van der Waals surface area (Å²) >= 11 is 7.25. The van der Waals surface area contributed by atoms with Gasteiger partial charge in [0.1, 0.15) is 5.03 Å². The van der Waals surface area contributed by atoms with E-state index < -0.39 is 5.97 Å². The molecule has 0 atom stereocenters. The maximum atomic E-state index is 11.1. The molecule has 3 rings (SSSR count). The summed E-state index contributed by atoms with van der Waals surface area (Å²) < 4.78 is 1.75. The minimum atomic E-state index is -1.05. The number of aromatic carboxylic acids is 1. The predicted molar refractivity (Wildman–Crippen MR) is 80.3 cm³/mol. The Bertz CT molecular complexity index is 847. The van der Waals surface area contributed by atoms with E-state index in [1.807, 2.05) is 13.0 Å². The van der Waals surface area contributed by atoms with E-state index in [-0.39, 0.29) is 10.6 Å². The largest absolute Gasteiger partial charge is 0.478 e. The van der Waals surface area contributed by atoms with Gasteiger partial charge >= 0.3 is 5.97 Å². The van der Waals surface area contributed by atoms with Gasteiger partial charge in [-0.05, 0) is 31.2 Å². The molecule has 2 aromatic heterocycles. The van der Waals surface area contributed by atoms with E-state index in [0.29, 0.717) is 0 Å². The lowest BCUT2D eigenvalue weighted by Crippen LogP contribution is -1.97. The lowest BCUT2D eigenvalue weighted by molar-refractivity contribution is 0.0697. The van der Waals surface area contributed by atoms with Crippen LogP contribution < -0.4 is 0 Å². The summed E-state index contributed by atoms with van der Waals surface area (Å²) in [7, 11) is 0. The molecule has 2 heterocycles. The third kappa shape index (κ3) is 2.72. The first-order chi connectivity index (χ1) is 10.0. The summed E-state index contributed by atoms with van der Waals surface area (Å²) in [4.78, 5) is 16.2. The van der Waals surface area contributed by atoms with Gasteiger partial charge in [0.25, 0.3) is 0 Å². The van der Waals surface area contributed by atoms with E-state index in [2.05, 4.69) is 10.1 Å². The molecule has 21 heavy (non-hydrogen) atoms. The van der Waals surface area contributed by atoms with Crippen molar-refractivity contribution in [3.05, 3.63) is 52.9 Å². The fraction of sp³-hybridized carbons (Fsp3) is 0.0714. The highest BCUT2D eigenvalue weighted by molar-refractivity contribution is 7.99. The molecule has 0 spiro atoms. The quantitative estimate of drug-likeness (QED) is 0.799. The highest BCUT2D eigenvalue weighted by Crippen LogP contribution is 2.31. The van der Waals surface area contributed by atoms with Gasteiger partial charge in [0.05, 0.1) is 21.8 Å². The second kappa shape index (κ2) is 5.38. The lowest BCUT2D eigenvalue weighted by atomic mass is 10.2. The average molecular weight is 320 g/mol. The summed E-state index contributed by atoms with van der Waals surface area (Å²) in [5.41, 5.74) is 1.86. The Hall–Kier alpha value is -2.05. The first-order valence-electron chi connectivity index (χ1n) is 6.06. The van der Waals surface area contributed by atoms with Crippen LogP contribution in [0.4, 0.5) is 0 Å². The number of fused-ring (bicyclic) bond motifs is 1. The van der Waals surface area contributed by atoms with E-state index in [1.54, 1.807) is 35.1 Å². The van der Waals surface area contributed by atoms with E-state index in [1.165, 1.54) is 11.8 Å². The molecule has 3 aromatic rings. The minimum Gasteiger partial charge on any atom is -0.478 e. The summed E-state index contributed by atoms with van der Waals surface area (Å²) in [5, 5.41) is 14.4. The zero-order valence-corrected chi connectivity index (χ0v) is 12.5. The molecule has 5 nitrogen and oxygen atoms in total. The van der Waals surface area contributed by atoms with Crippen LogP contribution in [0.2, 0.25) is 5.02 Å². The van der Waals surface area contributed by atoms with Gasteiger partial charge in [-0.1, -0.05) is 23.4 Å². The molecular weight excluding hydrogens is 310 g/mol. The third-order valence-electron chi connectivity index (χ3n) is 2.86. The van der Waals surface area contributed by atoms with E-state index in [0.717, 1.165) is 21.1 Å². The number of hydrogen-bond acceptors (Lipinski definition) is 4. The van der Waals surface area contributed by atoms with Crippen LogP contribution in [0.15, 0.2) is 46.6 Å². The molecule has 0 unspecified atom stereocenters. The van der Waals surface area contributed by atoms with Crippen LogP contribution in [-0.4, -0.2) is 25.7 Å². The number of carboxylic acids is 1. The highest BCUT2D eigenvalue weighted by atomic mass is 35.5. The number of carbonyl (C=O) groups is 1. The van der Waals surface area contributed by atoms with E-state index in [4.69, 9.17) is 16.7 Å². The Morgan fingerprint density at radius 1 is 1.38 bits per heavy atom. The number of hydrogen-bond donors (Lipinski definition) is 1. The van der Waals surface area contributed by atoms with Crippen LogP contribution in [0, 0.1) is 6.92 Å². The summed E-state index contributed by atoms with van der Waals surface area (Å²) in [5.74, 6) is -1.05. The van der Waals surface area contributed by atoms with E-state index in [9.17, 15) is 4.79 Å². The zero-order valence-electron chi connectivity index (χ0n) is 10.9. The van der Waals surface area contributed by atoms with Crippen molar-refractivity contribution in [2.24, 2.45) is 0 Å². The Labute approximate surface area is 129 Å². The fourth-order valence-electron chi connectivity index (χ4n) is 1.94. The molecule has 7 heteroatoms. The second-order valence-corrected chi connectivity index (χ2v) is 5.87. The first-order valence-corrected chi connectivity index (χ1v) is 7.26. The van der Waals surface area contributed by atoms with Gasteiger partial charge in [-0.25, -0.2) is 14.3 Å². The van der Waals surface area contributed by atoms with Gasteiger partial charge in [-0.2, -0.15) is 5.10 Å². The van der Waals surface area contributed by atoms with Crippen LogP contribution in [0.5, 0.6) is 0 Å². The number of carboxylic acid groups (broad SMARTS) is 1. The van der Waals surface area contributed by atoms with Crippen molar-refractivity contribution in [3.8, 4) is 0 Å². The molecular formula is C14H10ClN3O2S. The van der Waals surface area contributed by atoms with Gasteiger partial charge in [0.2, 0.25) is 0 Å². The first kappa shape index (κ1) is 13.9. The van der Waals surface area contributed by atoms with Crippen LogP contribution in [0.1, 0.15) is 16.1 Å². The van der Waals surface area contributed by atoms with Crippen LogP contribution in [0.3, 0.4) is 0 Å². The number of aromatic nitrogens is 3. The molecule has 0 amide bonds. The maximum Gasteiger partial charge on any atom is 0.337 e. The second-order valence-electron chi connectivity index (χ2n) is 4.40. The predicted octanol–water partition coefficient (Wildman–Crippen LogP) is 3.54. The number of rotatable bonds is 3.